The van der Waals surface area contributed by atoms with Crippen molar-refractivity contribution >= 4 is 34.7 Å². The number of rotatable bonds is 6. The number of nitrogens with one attached hydrogen (secondary N) is 1. The minimum Gasteiger partial charge on any atom is -0.383 e. The molecular formula is C19H22ClN5O3. The number of aromatic nitrogens is 1. The van der Waals surface area contributed by atoms with Crippen molar-refractivity contribution in [3.8, 4) is 0 Å². The summed E-state index contributed by atoms with van der Waals surface area (Å²) >= 11 is 6.11. The summed E-state index contributed by atoms with van der Waals surface area (Å²) in [4.78, 5) is 31.3. The standard InChI is InChI=1S/C19H22ClN5O3/c1-14-12-16(15(20)13-17(14)25(27)28)21-7-5-19(26)24-10-8-23(9-11-24)18-4-2-3-6-22-18/h2-4,6,12-13,21H,5,7-11H2,1H3. The molecule has 2 heterocycles. The van der Waals surface area contributed by atoms with Gasteiger partial charge in [-0.1, -0.05) is 17.7 Å². The fourth-order valence-electron chi connectivity index (χ4n) is 3.19. The zero-order chi connectivity index (χ0) is 20.1. The van der Waals surface area contributed by atoms with Crippen LogP contribution in [0.3, 0.4) is 0 Å². The van der Waals surface area contributed by atoms with E-state index < -0.39 is 4.92 Å². The Morgan fingerprint density at radius 1 is 1.29 bits per heavy atom. The topological polar surface area (TPSA) is 91.6 Å². The van der Waals surface area contributed by atoms with Crippen molar-refractivity contribution in [3.63, 3.8) is 0 Å². The summed E-state index contributed by atoms with van der Waals surface area (Å²) in [6.45, 7) is 4.90. The third kappa shape index (κ3) is 4.69. The summed E-state index contributed by atoms with van der Waals surface area (Å²) in [6, 6.07) is 8.78. The number of aryl methyl sites for hydroxylation is 1. The van der Waals surface area contributed by atoms with Gasteiger partial charge in [0.2, 0.25) is 5.91 Å². The van der Waals surface area contributed by atoms with Crippen molar-refractivity contribution in [2.45, 2.75) is 13.3 Å². The number of piperazine rings is 1. The van der Waals surface area contributed by atoms with Crippen LogP contribution in [-0.2, 0) is 4.79 Å². The molecule has 1 aromatic heterocycles. The molecule has 0 radical (unpaired) electrons. The number of anilines is 2. The maximum atomic E-state index is 12.5. The van der Waals surface area contributed by atoms with Crippen molar-refractivity contribution in [1.82, 2.24) is 9.88 Å². The molecule has 0 spiro atoms. The summed E-state index contributed by atoms with van der Waals surface area (Å²) in [5.41, 5.74) is 1.10. The molecule has 0 bridgehead atoms. The van der Waals surface area contributed by atoms with Crippen molar-refractivity contribution in [2.75, 3.05) is 42.9 Å². The number of nitro benzene ring substituents is 1. The monoisotopic (exact) mass is 403 g/mol. The second-order valence-corrected chi connectivity index (χ2v) is 7.02. The first-order chi connectivity index (χ1) is 13.5. The molecule has 0 unspecified atom stereocenters. The van der Waals surface area contributed by atoms with Gasteiger partial charge in [0.1, 0.15) is 5.82 Å². The predicted molar refractivity (Wildman–Crippen MR) is 109 cm³/mol. The van der Waals surface area contributed by atoms with E-state index >= 15 is 0 Å². The number of amides is 1. The molecule has 0 aliphatic carbocycles. The van der Waals surface area contributed by atoms with E-state index in [1.165, 1.54) is 6.07 Å². The van der Waals surface area contributed by atoms with Crippen molar-refractivity contribution in [3.05, 3.63) is 57.2 Å². The molecule has 3 rings (SSSR count). The average molecular weight is 404 g/mol. The van der Waals surface area contributed by atoms with E-state index in [0.717, 1.165) is 18.9 Å². The van der Waals surface area contributed by atoms with Crippen LogP contribution >= 0.6 is 11.6 Å². The molecule has 1 aliphatic heterocycles. The highest BCUT2D eigenvalue weighted by Gasteiger charge is 2.21. The van der Waals surface area contributed by atoms with Crippen LogP contribution in [0.4, 0.5) is 17.2 Å². The van der Waals surface area contributed by atoms with Crippen molar-refractivity contribution in [2.24, 2.45) is 0 Å². The third-order valence-corrected chi connectivity index (χ3v) is 5.05. The summed E-state index contributed by atoms with van der Waals surface area (Å²) in [5.74, 6) is 1.00. The lowest BCUT2D eigenvalue weighted by Gasteiger charge is -2.35. The van der Waals surface area contributed by atoms with Crippen LogP contribution < -0.4 is 10.2 Å². The molecular weight excluding hydrogens is 382 g/mol. The van der Waals surface area contributed by atoms with Gasteiger partial charge in [0.25, 0.3) is 5.69 Å². The lowest BCUT2D eigenvalue weighted by molar-refractivity contribution is -0.385. The third-order valence-electron chi connectivity index (χ3n) is 4.74. The Balaban J connectivity index is 1.48. The van der Waals surface area contributed by atoms with Gasteiger partial charge in [0.05, 0.1) is 15.6 Å². The molecule has 1 aromatic carbocycles. The smallest absolute Gasteiger partial charge is 0.273 e. The van der Waals surface area contributed by atoms with Gasteiger partial charge in [-0.25, -0.2) is 4.98 Å². The number of hydrogen-bond acceptors (Lipinski definition) is 6. The molecule has 1 amide bonds. The Hall–Kier alpha value is -2.87. The molecule has 148 valence electrons. The van der Waals surface area contributed by atoms with Crippen LogP contribution in [-0.4, -0.2) is 53.4 Å². The first kappa shape index (κ1) is 19.9. The van der Waals surface area contributed by atoms with Gasteiger partial charge in [-0.3, -0.25) is 14.9 Å². The molecule has 1 fully saturated rings. The molecule has 8 nitrogen and oxygen atoms in total. The van der Waals surface area contributed by atoms with E-state index in [4.69, 9.17) is 11.6 Å². The molecule has 28 heavy (non-hydrogen) atoms. The SMILES string of the molecule is Cc1cc(NCCC(=O)N2CCN(c3ccccn3)CC2)c(Cl)cc1[N+](=O)[O-]. The summed E-state index contributed by atoms with van der Waals surface area (Å²) in [5, 5.41) is 14.3. The molecule has 1 N–H and O–H groups in total. The van der Waals surface area contributed by atoms with Crippen LogP contribution in [0.5, 0.6) is 0 Å². The summed E-state index contributed by atoms with van der Waals surface area (Å²) < 4.78 is 0. The Labute approximate surface area is 168 Å². The lowest BCUT2D eigenvalue weighted by atomic mass is 10.1. The highest BCUT2D eigenvalue weighted by molar-refractivity contribution is 6.33. The highest BCUT2D eigenvalue weighted by atomic mass is 35.5. The molecule has 9 heteroatoms. The predicted octanol–water partition coefficient (Wildman–Crippen LogP) is 3.10. The van der Waals surface area contributed by atoms with Crippen molar-refractivity contribution in [1.29, 1.82) is 0 Å². The largest absolute Gasteiger partial charge is 0.383 e. The second-order valence-electron chi connectivity index (χ2n) is 6.61. The number of carbonyl (C=O) groups excluding carboxylic acids is 1. The summed E-state index contributed by atoms with van der Waals surface area (Å²) in [7, 11) is 0. The molecule has 0 atom stereocenters. The number of pyridine rings is 1. The molecule has 2 aromatic rings. The summed E-state index contributed by atoms with van der Waals surface area (Å²) in [6.07, 6.45) is 2.10. The first-order valence-corrected chi connectivity index (χ1v) is 9.45. The fourth-order valence-corrected chi connectivity index (χ4v) is 3.42. The van der Waals surface area contributed by atoms with Crippen molar-refractivity contribution < 1.29 is 9.72 Å². The van der Waals surface area contributed by atoms with Crippen LogP contribution in [0.15, 0.2) is 36.5 Å². The van der Waals surface area contributed by atoms with Crippen LogP contribution in [0.1, 0.15) is 12.0 Å². The zero-order valence-electron chi connectivity index (χ0n) is 15.6. The van der Waals surface area contributed by atoms with Gasteiger partial charge < -0.3 is 15.1 Å². The number of hydrogen-bond donors (Lipinski definition) is 1. The highest BCUT2D eigenvalue weighted by Crippen LogP contribution is 2.30. The average Bonchev–Trinajstić information content (AvgIpc) is 2.70. The number of nitrogens with zero attached hydrogens (tertiary/aromatic N) is 4. The zero-order valence-corrected chi connectivity index (χ0v) is 16.4. The quantitative estimate of drug-likeness (QED) is 0.588. The van der Waals surface area contributed by atoms with Gasteiger partial charge in [0, 0.05) is 57.0 Å². The molecule has 0 saturated carbocycles. The first-order valence-electron chi connectivity index (χ1n) is 9.08. The number of carbonyl (C=O) groups is 1. The Morgan fingerprint density at radius 3 is 2.68 bits per heavy atom. The van der Waals surface area contributed by atoms with E-state index in [1.807, 2.05) is 23.1 Å². The Bertz CT molecular complexity index is 854. The number of benzene rings is 1. The van der Waals surface area contributed by atoms with Crippen LogP contribution in [0.25, 0.3) is 0 Å². The lowest BCUT2D eigenvalue weighted by Crippen LogP contribution is -2.49. The molecule has 1 saturated heterocycles. The number of halogens is 1. The van der Waals surface area contributed by atoms with Gasteiger partial charge in [-0.2, -0.15) is 0 Å². The van der Waals surface area contributed by atoms with Gasteiger partial charge in [-0.15, -0.1) is 0 Å². The van der Waals surface area contributed by atoms with E-state index in [1.54, 1.807) is 19.2 Å². The molecule has 1 aliphatic rings. The second kappa shape index (κ2) is 8.88. The minimum absolute atomic E-state index is 0.0163. The van der Waals surface area contributed by atoms with E-state index in [9.17, 15) is 14.9 Å². The maximum absolute atomic E-state index is 12.5. The fraction of sp³-hybridized carbons (Fsp3) is 0.368. The van der Waals surface area contributed by atoms with Crippen LogP contribution in [0.2, 0.25) is 5.02 Å². The maximum Gasteiger partial charge on any atom is 0.273 e. The van der Waals surface area contributed by atoms with Gasteiger partial charge in [-0.05, 0) is 25.1 Å². The van der Waals surface area contributed by atoms with Gasteiger partial charge >= 0.3 is 0 Å². The Kier molecular flexibility index (Phi) is 6.30. The number of nitro groups is 1. The van der Waals surface area contributed by atoms with Crippen LogP contribution in [0, 0.1) is 17.0 Å². The van der Waals surface area contributed by atoms with E-state index in [-0.39, 0.29) is 16.6 Å². The van der Waals surface area contributed by atoms with E-state index in [2.05, 4.69) is 15.2 Å². The van der Waals surface area contributed by atoms with Gasteiger partial charge in [0.15, 0.2) is 0 Å². The minimum atomic E-state index is -0.459. The normalized spacial score (nSPS) is 14.1. The Morgan fingerprint density at radius 2 is 2.04 bits per heavy atom. The van der Waals surface area contributed by atoms with E-state index in [0.29, 0.717) is 37.3 Å².